The van der Waals surface area contributed by atoms with Crippen molar-refractivity contribution >= 4 is 11.4 Å². The van der Waals surface area contributed by atoms with Crippen molar-refractivity contribution in [2.45, 2.75) is 24.8 Å². The second-order valence-corrected chi connectivity index (χ2v) is 6.44. The number of nitrogens with one attached hydrogen (secondary N) is 2. The zero-order valence-corrected chi connectivity index (χ0v) is 14.2. The lowest BCUT2D eigenvalue weighted by molar-refractivity contribution is 0.329. The summed E-state index contributed by atoms with van der Waals surface area (Å²) in [4.78, 5) is 2.45. The molecular formula is C17H28N4O2. The van der Waals surface area contributed by atoms with Crippen LogP contribution in [0, 0.1) is 0 Å². The monoisotopic (exact) mass is 320 g/mol. The molecule has 2 aliphatic heterocycles. The summed E-state index contributed by atoms with van der Waals surface area (Å²) in [6, 6.07) is 4.14. The minimum absolute atomic E-state index is 0.131. The maximum Gasteiger partial charge on any atom is 0.162 e. The summed E-state index contributed by atoms with van der Waals surface area (Å²) in [5.41, 5.74) is 8.18. The van der Waals surface area contributed by atoms with E-state index in [9.17, 15) is 0 Å². The molecule has 0 bridgehead atoms. The molecule has 1 saturated heterocycles. The number of benzene rings is 1. The standard InChI is InChI=1S/C17H28N4O2/c1-22-15-10-13-14(11-16(15)23-2)21(9-3-6-18)12-17(20-13)4-7-19-8-5-17/h10-11,19-20H,3-9,12,18H2,1-2H3. The first kappa shape index (κ1) is 16.2. The molecular weight excluding hydrogens is 292 g/mol. The van der Waals surface area contributed by atoms with Crippen LogP contribution in [-0.2, 0) is 0 Å². The molecule has 0 saturated carbocycles. The van der Waals surface area contributed by atoms with Gasteiger partial charge in [0.2, 0.25) is 0 Å². The van der Waals surface area contributed by atoms with Crippen molar-refractivity contribution in [3.63, 3.8) is 0 Å². The number of anilines is 2. The topological polar surface area (TPSA) is 71.8 Å². The lowest BCUT2D eigenvalue weighted by Crippen LogP contribution is -2.57. The van der Waals surface area contributed by atoms with Crippen LogP contribution in [0.25, 0.3) is 0 Å². The lowest BCUT2D eigenvalue weighted by Gasteiger charge is -2.48. The van der Waals surface area contributed by atoms with Crippen LogP contribution in [0.4, 0.5) is 11.4 Å². The third kappa shape index (κ3) is 3.19. The Morgan fingerprint density at radius 1 is 1.17 bits per heavy atom. The van der Waals surface area contributed by atoms with E-state index in [1.807, 2.05) is 0 Å². The third-order valence-corrected chi connectivity index (χ3v) is 4.93. The molecule has 0 amide bonds. The fourth-order valence-electron chi connectivity index (χ4n) is 3.68. The number of hydrogen-bond donors (Lipinski definition) is 3. The van der Waals surface area contributed by atoms with Crippen LogP contribution in [-0.4, -0.2) is 52.5 Å². The highest BCUT2D eigenvalue weighted by atomic mass is 16.5. The molecule has 2 aliphatic rings. The van der Waals surface area contributed by atoms with Gasteiger partial charge >= 0.3 is 0 Å². The highest BCUT2D eigenvalue weighted by Gasteiger charge is 2.38. The van der Waals surface area contributed by atoms with E-state index < -0.39 is 0 Å². The summed E-state index contributed by atoms with van der Waals surface area (Å²) in [7, 11) is 3.36. The summed E-state index contributed by atoms with van der Waals surface area (Å²) in [5, 5.41) is 7.25. The number of piperidine rings is 1. The highest BCUT2D eigenvalue weighted by molar-refractivity contribution is 5.78. The van der Waals surface area contributed by atoms with Gasteiger partial charge in [-0.3, -0.25) is 0 Å². The van der Waals surface area contributed by atoms with Crippen molar-refractivity contribution < 1.29 is 9.47 Å². The summed E-state index contributed by atoms with van der Waals surface area (Å²) >= 11 is 0. The minimum Gasteiger partial charge on any atom is -0.493 e. The van der Waals surface area contributed by atoms with E-state index in [0.29, 0.717) is 6.54 Å². The Morgan fingerprint density at radius 2 is 1.87 bits per heavy atom. The minimum atomic E-state index is 0.131. The molecule has 6 nitrogen and oxygen atoms in total. The maximum atomic E-state index is 5.74. The Hall–Kier alpha value is -1.66. The molecule has 0 radical (unpaired) electrons. The highest BCUT2D eigenvalue weighted by Crippen LogP contribution is 2.44. The van der Waals surface area contributed by atoms with E-state index in [-0.39, 0.29) is 5.54 Å². The number of ether oxygens (including phenoxy) is 2. The predicted molar refractivity (Wildman–Crippen MR) is 93.9 cm³/mol. The van der Waals surface area contributed by atoms with Gasteiger partial charge in [0.05, 0.1) is 31.1 Å². The first-order chi connectivity index (χ1) is 11.2. The van der Waals surface area contributed by atoms with E-state index in [0.717, 1.165) is 62.6 Å². The Morgan fingerprint density at radius 3 is 2.52 bits per heavy atom. The Bertz CT molecular complexity index is 544. The first-order valence-corrected chi connectivity index (χ1v) is 8.41. The molecule has 128 valence electrons. The maximum absolute atomic E-state index is 5.74. The first-order valence-electron chi connectivity index (χ1n) is 8.41. The second kappa shape index (κ2) is 6.84. The molecule has 4 N–H and O–H groups in total. The van der Waals surface area contributed by atoms with E-state index in [1.54, 1.807) is 14.2 Å². The average Bonchev–Trinajstić information content (AvgIpc) is 2.59. The van der Waals surface area contributed by atoms with Crippen molar-refractivity contribution in [2.24, 2.45) is 5.73 Å². The average molecular weight is 320 g/mol. The zero-order chi connectivity index (χ0) is 16.3. The molecule has 2 heterocycles. The van der Waals surface area contributed by atoms with Crippen LogP contribution in [0.5, 0.6) is 11.5 Å². The van der Waals surface area contributed by atoms with Crippen molar-refractivity contribution in [1.29, 1.82) is 0 Å². The van der Waals surface area contributed by atoms with Crippen molar-refractivity contribution in [3.8, 4) is 11.5 Å². The molecule has 1 spiro atoms. The summed E-state index contributed by atoms with van der Waals surface area (Å²) in [6.07, 6.45) is 3.24. The van der Waals surface area contributed by atoms with Crippen LogP contribution in [0.2, 0.25) is 0 Å². The Kier molecular flexibility index (Phi) is 4.82. The largest absolute Gasteiger partial charge is 0.493 e. The fourth-order valence-corrected chi connectivity index (χ4v) is 3.68. The van der Waals surface area contributed by atoms with Gasteiger partial charge in [0.15, 0.2) is 11.5 Å². The number of methoxy groups -OCH3 is 2. The van der Waals surface area contributed by atoms with Crippen LogP contribution < -0.4 is 30.7 Å². The van der Waals surface area contributed by atoms with Crippen LogP contribution in [0.3, 0.4) is 0 Å². The van der Waals surface area contributed by atoms with Gasteiger partial charge in [-0.2, -0.15) is 0 Å². The van der Waals surface area contributed by atoms with Crippen molar-refractivity contribution in [1.82, 2.24) is 5.32 Å². The van der Waals surface area contributed by atoms with Gasteiger partial charge < -0.3 is 30.7 Å². The van der Waals surface area contributed by atoms with Crippen LogP contribution in [0.15, 0.2) is 12.1 Å². The lowest BCUT2D eigenvalue weighted by atomic mass is 9.85. The van der Waals surface area contributed by atoms with E-state index in [2.05, 4.69) is 27.7 Å². The van der Waals surface area contributed by atoms with E-state index in [4.69, 9.17) is 15.2 Å². The summed E-state index contributed by atoms with van der Waals surface area (Å²) in [5.74, 6) is 1.54. The SMILES string of the molecule is COc1cc2c(cc1OC)N(CCCN)CC1(CCNCC1)N2. The third-order valence-electron chi connectivity index (χ3n) is 4.93. The number of hydrogen-bond acceptors (Lipinski definition) is 6. The van der Waals surface area contributed by atoms with Crippen LogP contribution in [0.1, 0.15) is 19.3 Å². The molecule has 0 atom stereocenters. The van der Waals surface area contributed by atoms with E-state index >= 15 is 0 Å². The zero-order valence-electron chi connectivity index (χ0n) is 14.2. The fraction of sp³-hybridized carbons (Fsp3) is 0.647. The molecule has 0 unspecified atom stereocenters. The molecule has 1 aromatic carbocycles. The smallest absolute Gasteiger partial charge is 0.162 e. The molecule has 3 rings (SSSR count). The van der Waals surface area contributed by atoms with Gasteiger partial charge in [0.1, 0.15) is 0 Å². The Balaban J connectivity index is 1.97. The number of nitrogens with zero attached hydrogens (tertiary/aromatic N) is 1. The van der Waals surface area contributed by atoms with Gasteiger partial charge in [0.25, 0.3) is 0 Å². The van der Waals surface area contributed by atoms with Gasteiger partial charge in [-0.25, -0.2) is 0 Å². The molecule has 0 aliphatic carbocycles. The van der Waals surface area contributed by atoms with E-state index in [1.165, 1.54) is 5.69 Å². The number of nitrogens with two attached hydrogens (primary N) is 1. The molecule has 23 heavy (non-hydrogen) atoms. The normalized spacial score (nSPS) is 19.2. The number of rotatable bonds is 5. The molecule has 1 fully saturated rings. The molecule has 1 aromatic rings. The second-order valence-electron chi connectivity index (χ2n) is 6.44. The Labute approximate surface area is 138 Å². The molecule has 0 aromatic heterocycles. The quantitative estimate of drug-likeness (QED) is 0.762. The van der Waals surface area contributed by atoms with Crippen LogP contribution >= 0.6 is 0 Å². The van der Waals surface area contributed by atoms with Gasteiger partial charge in [-0.15, -0.1) is 0 Å². The van der Waals surface area contributed by atoms with Crippen molar-refractivity contribution in [3.05, 3.63) is 12.1 Å². The van der Waals surface area contributed by atoms with Gasteiger partial charge in [-0.05, 0) is 38.9 Å². The summed E-state index contributed by atoms with van der Waals surface area (Å²) in [6.45, 7) is 4.80. The summed E-state index contributed by atoms with van der Waals surface area (Å²) < 4.78 is 11.0. The van der Waals surface area contributed by atoms with Gasteiger partial charge in [0, 0.05) is 25.2 Å². The molecule has 6 heteroatoms. The predicted octanol–water partition coefficient (Wildman–Crippen LogP) is 1.41. The van der Waals surface area contributed by atoms with Gasteiger partial charge in [-0.1, -0.05) is 0 Å². The van der Waals surface area contributed by atoms with Crippen molar-refractivity contribution in [2.75, 3.05) is 57.2 Å². The number of fused-ring (bicyclic) bond motifs is 1.